The molecule has 2 unspecified atom stereocenters. The Bertz CT molecular complexity index is 422. The monoisotopic (exact) mass is 279 g/mol. The molecule has 0 aliphatic carbocycles. The summed E-state index contributed by atoms with van der Waals surface area (Å²) < 4.78 is 0. The van der Waals surface area contributed by atoms with Gasteiger partial charge >= 0.3 is 0 Å². The van der Waals surface area contributed by atoms with E-state index < -0.39 is 0 Å². The van der Waals surface area contributed by atoms with Crippen LogP contribution in [0.4, 0.5) is 5.82 Å². The largest absolute Gasteiger partial charge is 0.352 e. The molecule has 0 spiro atoms. The molecule has 0 bridgehead atoms. The van der Waals surface area contributed by atoms with Gasteiger partial charge in [0.25, 0.3) is 0 Å². The van der Waals surface area contributed by atoms with E-state index in [4.69, 9.17) is 4.98 Å². The Morgan fingerprint density at radius 3 is 2.89 bits per heavy atom. The highest BCUT2D eigenvalue weighted by Crippen LogP contribution is 2.28. The maximum Gasteiger partial charge on any atom is 0.129 e. The molecule has 0 radical (unpaired) electrons. The van der Waals surface area contributed by atoms with Crippen LogP contribution in [0, 0.1) is 6.92 Å². The Kier molecular flexibility index (Phi) is 5.11. The van der Waals surface area contributed by atoms with E-state index in [-0.39, 0.29) is 0 Å². The van der Waals surface area contributed by atoms with Crippen LogP contribution in [0.25, 0.3) is 0 Å². The summed E-state index contributed by atoms with van der Waals surface area (Å²) in [6.07, 6.45) is 0. The number of nitrogens with one attached hydrogen (secondary N) is 1. The van der Waals surface area contributed by atoms with Crippen molar-refractivity contribution < 1.29 is 0 Å². The molecular weight excluding hydrogens is 254 g/mol. The quantitative estimate of drug-likeness (QED) is 0.917. The summed E-state index contributed by atoms with van der Waals surface area (Å²) in [5.41, 5.74) is 2.45. The van der Waals surface area contributed by atoms with Gasteiger partial charge in [0.1, 0.15) is 5.82 Å². The number of hydrogen-bond acceptors (Lipinski definition) is 4. The first kappa shape index (κ1) is 14.7. The van der Waals surface area contributed by atoms with E-state index in [9.17, 15) is 0 Å². The molecule has 19 heavy (non-hydrogen) atoms. The van der Waals surface area contributed by atoms with Gasteiger partial charge in [-0.1, -0.05) is 19.9 Å². The molecule has 1 aliphatic heterocycles. The maximum absolute atomic E-state index is 4.81. The van der Waals surface area contributed by atoms with E-state index in [1.54, 1.807) is 0 Å². The Hall–Kier alpha value is -0.740. The average molecular weight is 279 g/mol. The van der Waals surface area contributed by atoms with Gasteiger partial charge in [0.15, 0.2) is 0 Å². The van der Waals surface area contributed by atoms with Crippen molar-refractivity contribution in [2.45, 2.75) is 45.5 Å². The Balaban J connectivity index is 2.14. The standard InChI is InChI=1S/C15H25N3S/c1-5-16-10-14-6-7-15(17-11(14)2)18-8-9-19-13(4)12(18)3/h6-7,12-13,16H,5,8-10H2,1-4H3. The smallest absolute Gasteiger partial charge is 0.129 e. The number of aryl methyl sites for hydroxylation is 1. The number of rotatable bonds is 4. The fraction of sp³-hybridized carbons (Fsp3) is 0.667. The zero-order chi connectivity index (χ0) is 13.8. The van der Waals surface area contributed by atoms with Crippen LogP contribution in [-0.2, 0) is 6.54 Å². The predicted octanol–water partition coefficient (Wildman–Crippen LogP) is 2.83. The number of pyridine rings is 1. The van der Waals surface area contributed by atoms with Gasteiger partial charge in [0, 0.05) is 35.8 Å². The first-order valence-corrected chi connectivity index (χ1v) is 8.23. The fourth-order valence-corrected chi connectivity index (χ4v) is 3.54. The number of thioether (sulfide) groups is 1. The van der Waals surface area contributed by atoms with Crippen molar-refractivity contribution in [1.82, 2.24) is 10.3 Å². The van der Waals surface area contributed by atoms with Gasteiger partial charge in [-0.25, -0.2) is 4.98 Å². The van der Waals surface area contributed by atoms with Crippen molar-refractivity contribution in [3.8, 4) is 0 Å². The highest BCUT2D eigenvalue weighted by atomic mass is 32.2. The molecule has 1 N–H and O–H groups in total. The molecule has 2 heterocycles. The average Bonchev–Trinajstić information content (AvgIpc) is 2.40. The van der Waals surface area contributed by atoms with Crippen LogP contribution in [0.1, 0.15) is 32.0 Å². The molecule has 2 atom stereocenters. The molecule has 0 aromatic carbocycles. The van der Waals surface area contributed by atoms with E-state index in [1.165, 1.54) is 11.3 Å². The molecule has 0 amide bonds. The molecule has 0 saturated carbocycles. The minimum absolute atomic E-state index is 0.560. The van der Waals surface area contributed by atoms with Crippen LogP contribution < -0.4 is 10.2 Å². The number of hydrogen-bond donors (Lipinski definition) is 1. The minimum atomic E-state index is 0.560. The fourth-order valence-electron chi connectivity index (χ4n) is 2.44. The molecule has 1 aromatic heterocycles. The SMILES string of the molecule is CCNCc1ccc(N2CCSC(C)C2C)nc1C. The topological polar surface area (TPSA) is 28.2 Å². The van der Waals surface area contributed by atoms with Crippen molar-refractivity contribution in [2.75, 3.05) is 23.7 Å². The van der Waals surface area contributed by atoms with Gasteiger partial charge in [0.2, 0.25) is 0 Å². The molecule has 2 rings (SSSR count). The molecule has 1 saturated heterocycles. The lowest BCUT2D eigenvalue weighted by molar-refractivity contribution is 0.619. The predicted molar refractivity (Wildman–Crippen MR) is 85.1 cm³/mol. The van der Waals surface area contributed by atoms with E-state index in [1.807, 2.05) is 0 Å². The summed E-state index contributed by atoms with van der Waals surface area (Å²) in [7, 11) is 0. The molecule has 4 heteroatoms. The van der Waals surface area contributed by atoms with Crippen molar-refractivity contribution >= 4 is 17.6 Å². The van der Waals surface area contributed by atoms with E-state index >= 15 is 0 Å². The van der Waals surface area contributed by atoms with Gasteiger partial charge in [-0.05, 0) is 32.0 Å². The molecule has 106 valence electrons. The van der Waals surface area contributed by atoms with Gasteiger partial charge < -0.3 is 10.2 Å². The van der Waals surface area contributed by atoms with Crippen LogP contribution in [0.2, 0.25) is 0 Å². The number of aromatic nitrogens is 1. The van der Waals surface area contributed by atoms with Gasteiger partial charge in [0.05, 0.1) is 0 Å². The van der Waals surface area contributed by atoms with Gasteiger partial charge in [-0.15, -0.1) is 0 Å². The zero-order valence-corrected chi connectivity index (χ0v) is 13.3. The lowest BCUT2D eigenvalue weighted by Gasteiger charge is -2.38. The third-order valence-corrected chi connectivity index (χ3v) is 5.26. The van der Waals surface area contributed by atoms with E-state index in [0.717, 1.165) is 31.1 Å². The van der Waals surface area contributed by atoms with Crippen LogP contribution in [0.15, 0.2) is 12.1 Å². The molecule has 1 aromatic rings. The summed E-state index contributed by atoms with van der Waals surface area (Å²) in [6, 6.07) is 4.96. The van der Waals surface area contributed by atoms with Crippen molar-refractivity contribution in [3.05, 3.63) is 23.4 Å². The Labute approximate surface area is 121 Å². The highest BCUT2D eigenvalue weighted by molar-refractivity contribution is 8.00. The van der Waals surface area contributed by atoms with Crippen molar-refractivity contribution in [1.29, 1.82) is 0 Å². The van der Waals surface area contributed by atoms with E-state index in [2.05, 4.69) is 61.8 Å². The maximum atomic E-state index is 4.81. The molecule has 1 aliphatic rings. The Morgan fingerprint density at radius 2 is 2.21 bits per heavy atom. The first-order chi connectivity index (χ1) is 9.13. The molecular formula is C15H25N3S. The lowest BCUT2D eigenvalue weighted by atomic mass is 10.1. The summed E-state index contributed by atoms with van der Waals surface area (Å²) >= 11 is 2.06. The van der Waals surface area contributed by atoms with Crippen LogP contribution in [-0.4, -0.2) is 35.1 Å². The first-order valence-electron chi connectivity index (χ1n) is 7.19. The Morgan fingerprint density at radius 1 is 1.42 bits per heavy atom. The van der Waals surface area contributed by atoms with Crippen molar-refractivity contribution in [2.24, 2.45) is 0 Å². The second-order valence-electron chi connectivity index (χ2n) is 5.20. The molecule has 3 nitrogen and oxygen atoms in total. The summed E-state index contributed by atoms with van der Waals surface area (Å²) in [4.78, 5) is 7.26. The summed E-state index contributed by atoms with van der Waals surface area (Å²) in [6.45, 7) is 11.9. The highest BCUT2D eigenvalue weighted by Gasteiger charge is 2.26. The van der Waals surface area contributed by atoms with E-state index in [0.29, 0.717) is 11.3 Å². The van der Waals surface area contributed by atoms with Crippen LogP contribution in [0.5, 0.6) is 0 Å². The number of nitrogens with zero attached hydrogens (tertiary/aromatic N) is 2. The second-order valence-corrected chi connectivity index (χ2v) is 6.69. The van der Waals surface area contributed by atoms with Gasteiger partial charge in [-0.3, -0.25) is 0 Å². The second kappa shape index (κ2) is 6.62. The molecule has 1 fully saturated rings. The zero-order valence-electron chi connectivity index (χ0n) is 12.4. The van der Waals surface area contributed by atoms with Crippen LogP contribution in [0.3, 0.4) is 0 Å². The minimum Gasteiger partial charge on any atom is -0.352 e. The number of anilines is 1. The summed E-state index contributed by atoms with van der Waals surface area (Å²) in [5.74, 6) is 2.34. The third-order valence-electron chi connectivity index (χ3n) is 3.92. The normalized spacial score (nSPS) is 23.7. The third kappa shape index (κ3) is 3.42. The van der Waals surface area contributed by atoms with Crippen LogP contribution >= 0.6 is 11.8 Å². The summed E-state index contributed by atoms with van der Waals surface area (Å²) in [5, 5.41) is 4.04. The lowest BCUT2D eigenvalue weighted by Crippen LogP contribution is -2.45. The van der Waals surface area contributed by atoms with Gasteiger partial charge in [-0.2, -0.15) is 11.8 Å². The van der Waals surface area contributed by atoms with Crippen molar-refractivity contribution in [3.63, 3.8) is 0 Å².